The van der Waals surface area contributed by atoms with Crippen LogP contribution in [0.2, 0.25) is 0 Å². The fraction of sp³-hybridized carbons (Fsp3) is 0.875. The standard InChI is InChI=1S/C16H30O4/c1-6-8-13(5)11-19-15(17)9-10-16(18)20-14(7-2)12(3)4/h12-14H,6-11H2,1-5H3. The van der Waals surface area contributed by atoms with E-state index in [9.17, 15) is 9.59 Å². The molecule has 2 atom stereocenters. The molecule has 0 aliphatic rings. The molecule has 0 amide bonds. The second-order valence-electron chi connectivity index (χ2n) is 5.76. The van der Waals surface area contributed by atoms with E-state index in [1.54, 1.807) is 0 Å². The topological polar surface area (TPSA) is 52.6 Å². The molecule has 0 aliphatic heterocycles. The third-order valence-corrected chi connectivity index (χ3v) is 3.27. The maximum Gasteiger partial charge on any atom is 0.306 e. The summed E-state index contributed by atoms with van der Waals surface area (Å²) in [5.74, 6) is 0.0405. The fourth-order valence-electron chi connectivity index (χ4n) is 2.01. The maximum atomic E-state index is 11.6. The first kappa shape index (κ1) is 18.9. The number of carbonyl (C=O) groups is 2. The van der Waals surface area contributed by atoms with Crippen LogP contribution in [0.5, 0.6) is 0 Å². The lowest BCUT2D eigenvalue weighted by molar-refractivity contribution is -0.155. The van der Waals surface area contributed by atoms with Crippen LogP contribution in [-0.4, -0.2) is 24.6 Å². The van der Waals surface area contributed by atoms with Gasteiger partial charge >= 0.3 is 11.9 Å². The van der Waals surface area contributed by atoms with Gasteiger partial charge in [0.1, 0.15) is 6.10 Å². The Kier molecular flexibility index (Phi) is 10.1. The zero-order chi connectivity index (χ0) is 15.5. The van der Waals surface area contributed by atoms with Gasteiger partial charge in [-0.25, -0.2) is 0 Å². The molecule has 0 radical (unpaired) electrons. The predicted octanol–water partition coefficient (Wildman–Crippen LogP) is 3.72. The maximum absolute atomic E-state index is 11.6. The second-order valence-corrected chi connectivity index (χ2v) is 5.76. The number of hydrogen-bond donors (Lipinski definition) is 0. The number of rotatable bonds is 10. The van der Waals surface area contributed by atoms with Crippen molar-refractivity contribution in [2.24, 2.45) is 11.8 Å². The van der Waals surface area contributed by atoms with Gasteiger partial charge in [-0.3, -0.25) is 9.59 Å². The van der Waals surface area contributed by atoms with Crippen molar-refractivity contribution >= 4 is 11.9 Å². The van der Waals surface area contributed by atoms with E-state index in [0.717, 1.165) is 19.3 Å². The van der Waals surface area contributed by atoms with Crippen LogP contribution in [-0.2, 0) is 19.1 Å². The Morgan fingerprint density at radius 3 is 2.10 bits per heavy atom. The smallest absolute Gasteiger partial charge is 0.306 e. The Labute approximate surface area is 123 Å². The van der Waals surface area contributed by atoms with Crippen LogP contribution in [0.25, 0.3) is 0 Å². The number of carbonyl (C=O) groups excluding carboxylic acids is 2. The van der Waals surface area contributed by atoms with Crippen molar-refractivity contribution in [3.05, 3.63) is 0 Å². The van der Waals surface area contributed by atoms with Crippen molar-refractivity contribution in [3.63, 3.8) is 0 Å². The van der Waals surface area contributed by atoms with Crippen LogP contribution in [0.1, 0.15) is 66.7 Å². The van der Waals surface area contributed by atoms with Gasteiger partial charge in [-0.2, -0.15) is 0 Å². The SMILES string of the molecule is CCCC(C)COC(=O)CCC(=O)OC(CC)C(C)C. The normalized spacial score (nSPS) is 13.9. The monoisotopic (exact) mass is 286 g/mol. The molecular weight excluding hydrogens is 256 g/mol. The Bertz CT molecular complexity index is 286. The first-order valence-electron chi connectivity index (χ1n) is 7.75. The molecule has 0 rings (SSSR count). The van der Waals surface area contributed by atoms with E-state index in [-0.39, 0.29) is 30.9 Å². The van der Waals surface area contributed by atoms with Crippen molar-refractivity contribution in [1.82, 2.24) is 0 Å². The first-order chi connectivity index (χ1) is 9.40. The molecule has 4 nitrogen and oxygen atoms in total. The van der Waals surface area contributed by atoms with Gasteiger partial charge in [0.2, 0.25) is 0 Å². The van der Waals surface area contributed by atoms with Gasteiger partial charge < -0.3 is 9.47 Å². The van der Waals surface area contributed by atoms with Crippen LogP contribution in [0.15, 0.2) is 0 Å². The first-order valence-corrected chi connectivity index (χ1v) is 7.75. The molecule has 118 valence electrons. The molecule has 0 saturated carbocycles. The average molecular weight is 286 g/mol. The van der Waals surface area contributed by atoms with Crippen LogP contribution < -0.4 is 0 Å². The predicted molar refractivity (Wildman–Crippen MR) is 79.3 cm³/mol. The van der Waals surface area contributed by atoms with E-state index in [1.807, 2.05) is 20.8 Å². The van der Waals surface area contributed by atoms with Gasteiger partial charge in [0.15, 0.2) is 0 Å². The summed E-state index contributed by atoms with van der Waals surface area (Å²) < 4.78 is 10.5. The minimum atomic E-state index is -0.317. The average Bonchev–Trinajstić information content (AvgIpc) is 2.40. The molecule has 0 aromatic rings. The van der Waals surface area contributed by atoms with Crippen LogP contribution >= 0.6 is 0 Å². The Morgan fingerprint density at radius 2 is 1.60 bits per heavy atom. The summed E-state index contributed by atoms with van der Waals surface area (Å²) in [6, 6.07) is 0. The van der Waals surface area contributed by atoms with Crippen molar-refractivity contribution < 1.29 is 19.1 Å². The fourth-order valence-corrected chi connectivity index (χ4v) is 2.01. The lowest BCUT2D eigenvalue weighted by Crippen LogP contribution is -2.23. The molecule has 0 spiro atoms. The van der Waals surface area contributed by atoms with E-state index in [2.05, 4.69) is 13.8 Å². The lowest BCUT2D eigenvalue weighted by atomic mass is 10.1. The summed E-state index contributed by atoms with van der Waals surface area (Å²) in [7, 11) is 0. The molecule has 0 bridgehead atoms. The Hall–Kier alpha value is -1.06. The highest BCUT2D eigenvalue weighted by atomic mass is 16.5. The second kappa shape index (κ2) is 10.7. The number of esters is 2. The van der Waals surface area contributed by atoms with Gasteiger partial charge in [-0.15, -0.1) is 0 Å². The molecule has 0 heterocycles. The summed E-state index contributed by atoms with van der Waals surface area (Å²) in [6.45, 7) is 10.6. The molecule has 0 N–H and O–H groups in total. The summed E-state index contributed by atoms with van der Waals surface area (Å²) in [4.78, 5) is 23.1. The summed E-state index contributed by atoms with van der Waals surface area (Å²) in [6.07, 6.45) is 3.06. The van der Waals surface area contributed by atoms with Crippen LogP contribution in [0.3, 0.4) is 0 Å². The minimum absolute atomic E-state index is 0.0666. The highest BCUT2D eigenvalue weighted by molar-refractivity contribution is 5.77. The number of hydrogen-bond acceptors (Lipinski definition) is 4. The van der Waals surface area contributed by atoms with Crippen LogP contribution in [0.4, 0.5) is 0 Å². The molecule has 0 saturated heterocycles. The zero-order valence-corrected chi connectivity index (χ0v) is 13.6. The van der Waals surface area contributed by atoms with E-state index in [1.165, 1.54) is 0 Å². The van der Waals surface area contributed by atoms with Gasteiger partial charge in [0.25, 0.3) is 0 Å². The zero-order valence-electron chi connectivity index (χ0n) is 13.6. The van der Waals surface area contributed by atoms with Gasteiger partial charge in [-0.05, 0) is 24.7 Å². The molecule has 20 heavy (non-hydrogen) atoms. The van der Waals surface area contributed by atoms with Crippen LogP contribution in [0, 0.1) is 11.8 Å². The largest absolute Gasteiger partial charge is 0.465 e. The highest BCUT2D eigenvalue weighted by Gasteiger charge is 2.17. The van der Waals surface area contributed by atoms with E-state index < -0.39 is 0 Å². The molecule has 4 heteroatoms. The summed E-state index contributed by atoms with van der Waals surface area (Å²) in [5, 5.41) is 0. The summed E-state index contributed by atoms with van der Waals surface area (Å²) >= 11 is 0. The van der Waals surface area contributed by atoms with Crippen molar-refractivity contribution in [2.75, 3.05) is 6.61 Å². The van der Waals surface area contributed by atoms with Gasteiger partial charge in [-0.1, -0.05) is 41.0 Å². The quantitative estimate of drug-likeness (QED) is 0.574. The molecular formula is C16H30O4. The van der Waals surface area contributed by atoms with Gasteiger partial charge in [0.05, 0.1) is 19.4 Å². The molecule has 0 aliphatic carbocycles. The number of ether oxygens (including phenoxy) is 2. The van der Waals surface area contributed by atoms with E-state index >= 15 is 0 Å². The lowest BCUT2D eigenvalue weighted by Gasteiger charge is -2.19. The van der Waals surface area contributed by atoms with Crippen molar-refractivity contribution in [3.8, 4) is 0 Å². The third kappa shape index (κ3) is 8.94. The van der Waals surface area contributed by atoms with Crippen molar-refractivity contribution in [1.29, 1.82) is 0 Å². The molecule has 0 aromatic heterocycles. The van der Waals surface area contributed by atoms with Gasteiger partial charge in [0, 0.05) is 0 Å². The molecule has 2 unspecified atom stereocenters. The van der Waals surface area contributed by atoms with Crippen molar-refractivity contribution in [2.45, 2.75) is 72.8 Å². The highest BCUT2D eigenvalue weighted by Crippen LogP contribution is 2.12. The summed E-state index contributed by atoms with van der Waals surface area (Å²) in [5.41, 5.74) is 0. The Morgan fingerprint density at radius 1 is 1.00 bits per heavy atom. The third-order valence-electron chi connectivity index (χ3n) is 3.27. The Balaban J connectivity index is 3.86. The molecule has 0 aromatic carbocycles. The minimum Gasteiger partial charge on any atom is -0.465 e. The van der Waals surface area contributed by atoms with E-state index in [0.29, 0.717) is 18.4 Å². The van der Waals surface area contributed by atoms with E-state index in [4.69, 9.17) is 9.47 Å². The molecule has 0 fully saturated rings.